The highest BCUT2D eigenvalue weighted by Gasteiger charge is 2.27. The van der Waals surface area contributed by atoms with E-state index in [9.17, 15) is 14.9 Å². The smallest absolute Gasteiger partial charge is 0.274 e. The monoisotopic (exact) mass is 269 g/mol. The molecule has 6 heteroatoms. The molecular weight excluding hydrogens is 258 g/mol. The summed E-state index contributed by atoms with van der Waals surface area (Å²) >= 11 is 5.98. The van der Waals surface area contributed by atoms with E-state index in [4.69, 9.17) is 16.3 Å². The number of ether oxygens (including phenoxy) is 1. The second kappa shape index (κ2) is 5.46. The largest absolute Gasteiger partial charge is 0.380 e. The molecule has 5 nitrogen and oxygen atoms in total. The lowest BCUT2D eigenvalue weighted by molar-refractivity contribution is -0.385. The van der Waals surface area contributed by atoms with Gasteiger partial charge in [0.05, 0.1) is 23.2 Å². The zero-order valence-corrected chi connectivity index (χ0v) is 10.4. The molecule has 1 atom stereocenters. The zero-order valence-electron chi connectivity index (χ0n) is 9.60. The third-order valence-corrected chi connectivity index (χ3v) is 3.36. The van der Waals surface area contributed by atoms with Gasteiger partial charge in [0, 0.05) is 24.0 Å². The molecule has 1 heterocycles. The maximum atomic E-state index is 11.7. The Morgan fingerprint density at radius 3 is 2.94 bits per heavy atom. The second-order valence-electron chi connectivity index (χ2n) is 4.19. The number of nitro groups is 1. The van der Waals surface area contributed by atoms with Gasteiger partial charge in [-0.2, -0.15) is 0 Å². The first kappa shape index (κ1) is 13.0. The van der Waals surface area contributed by atoms with Crippen molar-refractivity contribution in [1.29, 1.82) is 0 Å². The van der Waals surface area contributed by atoms with Crippen molar-refractivity contribution in [3.63, 3.8) is 0 Å². The van der Waals surface area contributed by atoms with Crippen LogP contribution in [0.4, 0.5) is 5.69 Å². The normalized spacial score (nSPS) is 19.8. The van der Waals surface area contributed by atoms with Gasteiger partial charge in [0.15, 0.2) is 0 Å². The summed E-state index contributed by atoms with van der Waals surface area (Å²) in [5.41, 5.74) is 0.369. The molecule has 0 aromatic heterocycles. The van der Waals surface area contributed by atoms with E-state index in [0.29, 0.717) is 30.2 Å². The van der Waals surface area contributed by atoms with Crippen LogP contribution in [0.2, 0.25) is 5.02 Å². The summed E-state index contributed by atoms with van der Waals surface area (Å²) in [5, 5.41) is 11.2. The van der Waals surface area contributed by atoms with Gasteiger partial charge in [0.25, 0.3) is 5.69 Å². The summed E-state index contributed by atoms with van der Waals surface area (Å²) in [7, 11) is 0. The second-order valence-corrected chi connectivity index (χ2v) is 4.59. The number of benzene rings is 1. The number of rotatable bonds is 3. The predicted octanol–water partition coefficient (Wildman–Crippen LogP) is 2.40. The van der Waals surface area contributed by atoms with Crippen molar-refractivity contribution in [2.75, 3.05) is 13.2 Å². The van der Waals surface area contributed by atoms with Gasteiger partial charge in [-0.15, -0.1) is 0 Å². The first-order valence-electron chi connectivity index (χ1n) is 5.62. The van der Waals surface area contributed by atoms with Crippen LogP contribution in [-0.4, -0.2) is 23.9 Å². The molecule has 0 amide bonds. The molecule has 0 aliphatic carbocycles. The molecule has 0 saturated carbocycles. The summed E-state index contributed by atoms with van der Waals surface area (Å²) < 4.78 is 5.23. The van der Waals surface area contributed by atoms with Gasteiger partial charge in [0.2, 0.25) is 0 Å². The molecule has 1 fully saturated rings. The van der Waals surface area contributed by atoms with Crippen LogP contribution in [0.1, 0.15) is 12.0 Å². The number of carbonyl (C=O) groups excluding carboxylic acids is 1. The van der Waals surface area contributed by atoms with E-state index >= 15 is 0 Å². The molecule has 0 radical (unpaired) electrons. The lowest BCUT2D eigenvalue weighted by Crippen LogP contribution is -2.29. The fourth-order valence-corrected chi connectivity index (χ4v) is 2.28. The van der Waals surface area contributed by atoms with Gasteiger partial charge in [0.1, 0.15) is 5.78 Å². The molecule has 1 aliphatic heterocycles. The quantitative estimate of drug-likeness (QED) is 0.624. The molecule has 1 aromatic rings. The molecule has 1 aromatic carbocycles. The van der Waals surface area contributed by atoms with Crippen LogP contribution in [0.25, 0.3) is 0 Å². The lowest BCUT2D eigenvalue weighted by atomic mass is 9.92. The van der Waals surface area contributed by atoms with Crippen molar-refractivity contribution in [1.82, 2.24) is 0 Å². The van der Waals surface area contributed by atoms with Gasteiger partial charge in [-0.05, 0) is 12.5 Å². The van der Waals surface area contributed by atoms with Crippen LogP contribution in [0.5, 0.6) is 0 Å². The van der Waals surface area contributed by atoms with Crippen molar-refractivity contribution in [3.8, 4) is 0 Å². The molecule has 0 spiro atoms. The maximum Gasteiger partial charge on any atom is 0.274 e. The molecule has 96 valence electrons. The van der Waals surface area contributed by atoms with E-state index in [0.717, 1.165) is 0 Å². The Balaban J connectivity index is 2.27. The first-order valence-corrected chi connectivity index (χ1v) is 5.99. The van der Waals surface area contributed by atoms with E-state index in [-0.39, 0.29) is 23.8 Å². The van der Waals surface area contributed by atoms with Crippen molar-refractivity contribution in [3.05, 3.63) is 38.9 Å². The van der Waals surface area contributed by atoms with Crippen LogP contribution in [-0.2, 0) is 16.0 Å². The molecule has 0 N–H and O–H groups in total. The van der Waals surface area contributed by atoms with Crippen molar-refractivity contribution < 1.29 is 14.5 Å². The highest BCUT2D eigenvalue weighted by molar-refractivity contribution is 6.31. The van der Waals surface area contributed by atoms with Crippen molar-refractivity contribution in [2.24, 2.45) is 5.92 Å². The summed E-state index contributed by atoms with van der Waals surface area (Å²) in [6.45, 7) is 0.737. The Morgan fingerprint density at radius 1 is 1.50 bits per heavy atom. The average Bonchev–Trinajstić information content (AvgIpc) is 2.34. The summed E-state index contributed by atoms with van der Waals surface area (Å²) in [6, 6.07) is 4.52. The van der Waals surface area contributed by atoms with Crippen LogP contribution < -0.4 is 0 Å². The Bertz CT molecular complexity index is 489. The molecular formula is C12H12ClNO4. The number of halogens is 1. The Morgan fingerprint density at radius 2 is 2.28 bits per heavy atom. The Labute approximate surface area is 109 Å². The van der Waals surface area contributed by atoms with Crippen molar-refractivity contribution in [2.45, 2.75) is 12.8 Å². The van der Waals surface area contributed by atoms with Crippen LogP contribution in [0.15, 0.2) is 18.2 Å². The third-order valence-electron chi connectivity index (χ3n) is 3.01. The molecule has 2 rings (SSSR count). The van der Waals surface area contributed by atoms with E-state index in [1.807, 2.05) is 0 Å². The molecule has 0 bridgehead atoms. The highest BCUT2D eigenvalue weighted by Crippen LogP contribution is 2.29. The fourth-order valence-electron chi connectivity index (χ4n) is 2.03. The fraction of sp³-hybridized carbons (Fsp3) is 0.417. The van der Waals surface area contributed by atoms with E-state index in [2.05, 4.69) is 0 Å². The van der Waals surface area contributed by atoms with E-state index < -0.39 is 4.92 Å². The van der Waals surface area contributed by atoms with E-state index in [1.54, 1.807) is 6.07 Å². The Kier molecular flexibility index (Phi) is 3.93. The number of Topliss-reactive ketones (excluding diaryl/α,β-unsaturated/α-hetero) is 1. The number of nitro benzene ring substituents is 1. The standard InChI is InChI=1S/C12H12ClNO4/c13-10-2-1-3-11(14(16)17)9(10)6-8-7-18-5-4-12(8)15/h1-3,8H,4-7H2. The van der Waals surface area contributed by atoms with Gasteiger partial charge in [-0.3, -0.25) is 14.9 Å². The molecule has 18 heavy (non-hydrogen) atoms. The number of hydrogen-bond acceptors (Lipinski definition) is 4. The Hall–Kier alpha value is -1.46. The van der Waals surface area contributed by atoms with Gasteiger partial charge in [-0.1, -0.05) is 17.7 Å². The van der Waals surface area contributed by atoms with Gasteiger partial charge in [-0.25, -0.2) is 0 Å². The van der Waals surface area contributed by atoms with Crippen LogP contribution >= 0.6 is 11.6 Å². The SMILES string of the molecule is O=C1CCOCC1Cc1c(Cl)cccc1[N+](=O)[O-]. The predicted molar refractivity (Wildman–Crippen MR) is 65.7 cm³/mol. The summed E-state index contributed by atoms with van der Waals surface area (Å²) in [6.07, 6.45) is 0.623. The average molecular weight is 270 g/mol. The molecule has 1 aliphatic rings. The third kappa shape index (κ3) is 2.68. The number of ketones is 1. The van der Waals surface area contributed by atoms with Crippen LogP contribution in [0.3, 0.4) is 0 Å². The zero-order chi connectivity index (χ0) is 13.1. The van der Waals surface area contributed by atoms with Gasteiger partial charge < -0.3 is 4.74 Å². The summed E-state index contributed by atoms with van der Waals surface area (Å²) in [4.78, 5) is 22.1. The van der Waals surface area contributed by atoms with Crippen molar-refractivity contribution >= 4 is 23.1 Å². The number of carbonyl (C=O) groups is 1. The molecule has 1 unspecified atom stereocenters. The number of nitrogens with zero attached hydrogens (tertiary/aromatic N) is 1. The highest BCUT2D eigenvalue weighted by atomic mass is 35.5. The minimum absolute atomic E-state index is 0.0409. The first-order chi connectivity index (χ1) is 8.59. The van der Waals surface area contributed by atoms with Crippen LogP contribution in [0, 0.1) is 16.0 Å². The minimum Gasteiger partial charge on any atom is -0.380 e. The summed E-state index contributed by atoms with van der Waals surface area (Å²) in [5.74, 6) is -0.257. The molecule has 1 saturated heterocycles. The maximum absolute atomic E-state index is 11.7. The number of hydrogen-bond donors (Lipinski definition) is 0. The topological polar surface area (TPSA) is 69.4 Å². The minimum atomic E-state index is -0.477. The van der Waals surface area contributed by atoms with E-state index in [1.165, 1.54) is 12.1 Å². The lowest BCUT2D eigenvalue weighted by Gasteiger charge is -2.21. The van der Waals surface area contributed by atoms with Gasteiger partial charge >= 0.3 is 0 Å².